The molecule has 0 unspecified atom stereocenters. The average Bonchev–Trinajstić information content (AvgIpc) is 3.36. The monoisotopic (exact) mass is 455 g/mol. The van der Waals surface area contributed by atoms with Crippen LogP contribution in [0.2, 0.25) is 0 Å². The molecule has 2 aromatic heterocycles. The number of allylic oxidation sites excluding steroid dienone is 1. The molecule has 10 heteroatoms. The smallest absolute Gasteiger partial charge is 0.338 e. The molecule has 0 saturated carbocycles. The molecule has 1 aliphatic rings. The van der Waals surface area contributed by atoms with Gasteiger partial charge in [-0.3, -0.25) is 19.5 Å². The number of thiophene rings is 1. The standard InChI is InChI=1S/C21H17N3O5S2/c1-3-29-20(26)17-12(2)22-21-23(18(17)15-9-6-10-30-15)19(25)16(31-21)11-13-7-4-5-8-14(13)24(27)28/h4-11,18H,3H2,1-2H3/b16-11+/t18-/m0/s1. The molecule has 0 radical (unpaired) electrons. The Hall–Kier alpha value is -3.37. The van der Waals surface area contributed by atoms with Crippen LogP contribution in [0.4, 0.5) is 5.69 Å². The molecule has 0 aliphatic carbocycles. The number of nitro groups is 1. The van der Waals surface area contributed by atoms with Crippen molar-refractivity contribution in [3.05, 3.63) is 93.3 Å². The van der Waals surface area contributed by atoms with E-state index in [0.717, 1.165) is 16.2 Å². The Balaban J connectivity index is 1.96. The van der Waals surface area contributed by atoms with E-state index >= 15 is 0 Å². The number of nitrogens with zero attached hydrogens (tertiary/aromatic N) is 3. The third-order valence-corrected chi connectivity index (χ3v) is 6.66. The van der Waals surface area contributed by atoms with Crippen LogP contribution in [0.3, 0.4) is 0 Å². The molecule has 0 spiro atoms. The molecule has 4 rings (SSSR count). The number of benzene rings is 1. The van der Waals surface area contributed by atoms with Gasteiger partial charge in [-0.25, -0.2) is 9.79 Å². The summed E-state index contributed by atoms with van der Waals surface area (Å²) in [7, 11) is 0. The lowest BCUT2D eigenvalue weighted by atomic mass is 10.0. The highest BCUT2D eigenvalue weighted by Crippen LogP contribution is 2.33. The largest absolute Gasteiger partial charge is 0.463 e. The second-order valence-corrected chi connectivity index (χ2v) is 8.62. The quantitative estimate of drug-likeness (QED) is 0.334. The Morgan fingerprint density at radius 1 is 1.32 bits per heavy atom. The van der Waals surface area contributed by atoms with Crippen LogP contribution < -0.4 is 14.9 Å². The molecule has 1 atom stereocenters. The van der Waals surface area contributed by atoms with Crippen LogP contribution in [-0.2, 0) is 9.53 Å². The maximum Gasteiger partial charge on any atom is 0.338 e. The number of nitro benzene ring substituents is 1. The van der Waals surface area contributed by atoms with Crippen molar-refractivity contribution < 1.29 is 14.5 Å². The molecule has 31 heavy (non-hydrogen) atoms. The minimum absolute atomic E-state index is 0.0912. The predicted octanol–water partition coefficient (Wildman–Crippen LogP) is 2.77. The Labute approximate surface area is 184 Å². The molecule has 3 heterocycles. The molecule has 0 saturated heterocycles. The van der Waals surface area contributed by atoms with E-state index in [9.17, 15) is 19.7 Å². The number of hydrogen-bond acceptors (Lipinski definition) is 8. The van der Waals surface area contributed by atoms with E-state index in [1.165, 1.54) is 28.0 Å². The van der Waals surface area contributed by atoms with Gasteiger partial charge in [0.25, 0.3) is 11.2 Å². The summed E-state index contributed by atoms with van der Waals surface area (Å²) in [5.74, 6) is -0.518. The van der Waals surface area contributed by atoms with Crippen molar-refractivity contribution in [3.8, 4) is 0 Å². The van der Waals surface area contributed by atoms with Gasteiger partial charge < -0.3 is 4.74 Å². The van der Waals surface area contributed by atoms with Gasteiger partial charge >= 0.3 is 5.97 Å². The highest BCUT2D eigenvalue weighted by molar-refractivity contribution is 7.10. The lowest BCUT2D eigenvalue weighted by Gasteiger charge is -2.23. The fraction of sp³-hybridized carbons (Fsp3) is 0.190. The van der Waals surface area contributed by atoms with Gasteiger partial charge in [0.15, 0.2) is 4.80 Å². The summed E-state index contributed by atoms with van der Waals surface area (Å²) in [6, 6.07) is 9.26. The third kappa shape index (κ3) is 3.75. The Kier molecular flexibility index (Phi) is 5.66. The van der Waals surface area contributed by atoms with Crippen molar-refractivity contribution in [2.45, 2.75) is 19.9 Å². The number of hydrogen-bond donors (Lipinski definition) is 0. The van der Waals surface area contributed by atoms with Gasteiger partial charge in [0.1, 0.15) is 6.04 Å². The van der Waals surface area contributed by atoms with Crippen LogP contribution in [-0.4, -0.2) is 22.1 Å². The lowest BCUT2D eigenvalue weighted by Crippen LogP contribution is -2.39. The SMILES string of the molecule is CCOC(=O)C1=C(C)N=c2s/c(=C/c3ccccc3[N+](=O)[O-])c(=O)n2[C@H]1c1cccs1. The first-order chi connectivity index (χ1) is 14.9. The molecule has 0 N–H and O–H groups in total. The van der Waals surface area contributed by atoms with Gasteiger partial charge in [-0.15, -0.1) is 11.3 Å². The summed E-state index contributed by atoms with van der Waals surface area (Å²) in [6.07, 6.45) is 1.50. The van der Waals surface area contributed by atoms with Crippen LogP contribution in [0, 0.1) is 10.1 Å². The lowest BCUT2D eigenvalue weighted by molar-refractivity contribution is -0.385. The van der Waals surface area contributed by atoms with Crippen LogP contribution in [0.15, 0.2) is 62.8 Å². The first kappa shape index (κ1) is 20.9. The van der Waals surface area contributed by atoms with Crippen molar-refractivity contribution in [1.82, 2.24) is 4.57 Å². The molecular weight excluding hydrogens is 438 g/mol. The Morgan fingerprint density at radius 2 is 2.10 bits per heavy atom. The molecule has 0 bridgehead atoms. The van der Waals surface area contributed by atoms with Crippen molar-refractivity contribution in [2.75, 3.05) is 6.61 Å². The number of fused-ring (bicyclic) bond motifs is 1. The third-order valence-electron chi connectivity index (χ3n) is 4.75. The van der Waals surface area contributed by atoms with E-state index in [1.54, 1.807) is 32.0 Å². The summed E-state index contributed by atoms with van der Waals surface area (Å²) in [4.78, 5) is 42.7. The zero-order valence-corrected chi connectivity index (χ0v) is 18.2. The van der Waals surface area contributed by atoms with Crippen LogP contribution >= 0.6 is 22.7 Å². The second kappa shape index (κ2) is 8.40. The topological polar surface area (TPSA) is 104 Å². The second-order valence-electron chi connectivity index (χ2n) is 6.63. The number of rotatable bonds is 5. The van der Waals surface area contributed by atoms with Gasteiger partial charge in [0.05, 0.1) is 32.9 Å². The maximum absolute atomic E-state index is 13.4. The summed E-state index contributed by atoms with van der Waals surface area (Å²) in [6.45, 7) is 3.64. The Morgan fingerprint density at radius 3 is 2.77 bits per heavy atom. The minimum Gasteiger partial charge on any atom is -0.463 e. The molecule has 3 aromatic rings. The first-order valence-corrected chi connectivity index (χ1v) is 11.1. The van der Waals surface area contributed by atoms with E-state index in [4.69, 9.17) is 4.74 Å². The van der Waals surface area contributed by atoms with Crippen molar-refractivity contribution >= 4 is 40.4 Å². The van der Waals surface area contributed by atoms with Crippen molar-refractivity contribution in [3.63, 3.8) is 0 Å². The number of ether oxygens (including phenoxy) is 1. The molecule has 0 amide bonds. The molecule has 1 aliphatic heterocycles. The summed E-state index contributed by atoms with van der Waals surface area (Å²) in [5, 5.41) is 13.2. The minimum atomic E-state index is -0.664. The predicted molar refractivity (Wildman–Crippen MR) is 118 cm³/mol. The van der Waals surface area contributed by atoms with E-state index in [1.807, 2.05) is 17.5 Å². The van der Waals surface area contributed by atoms with Crippen LogP contribution in [0.25, 0.3) is 6.08 Å². The maximum atomic E-state index is 13.4. The fourth-order valence-electron chi connectivity index (χ4n) is 3.42. The van der Waals surface area contributed by atoms with Gasteiger partial charge in [-0.05, 0) is 37.4 Å². The molecule has 1 aromatic carbocycles. The van der Waals surface area contributed by atoms with Gasteiger partial charge in [-0.1, -0.05) is 29.5 Å². The van der Waals surface area contributed by atoms with E-state index < -0.39 is 16.9 Å². The Bertz CT molecular complexity index is 1380. The summed E-state index contributed by atoms with van der Waals surface area (Å²) < 4.78 is 7.00. The van der Waals surface area contributed by atoms with Crippen molar-refractivity contribution in [2.24, 2.45) is 4.99 Å². The molecule has 8 nitrogen and oxygen atoms in total. The fourth-order valence-corrected chi connectivity index (χ4v) is 5.29. The van der Waals surface area contributed by atoms with Gasteiger partial charge in [-0.2, -0.15) is 0 Å². The normalized spacial score (nSPS) is 16.1. The highest BCUT2D eigenvalue weighted by atomic mass is 32.1. The number of esters is 1. The zero-order chi connectivity index (χ0) is 22.1. The highest BCUT2D eigenvalue weighted by Gasteiger charge is 2.33. The molecule has 0 fully saturated rings. The van der Waals surface area contributed by atoms with Gasteiger partial charge in [0, 0.05) is 10.9 Å². The summed E-state index contributed by atoms with van der Waals surface area (Å²) in [5.41, 5.74) is 0.664. The van der Waals surface area contributed by atoms with Crippen LogP contribution in [0.5, 0.6) is 0 Å². The first-order valence-electron chi connectivity index (χ1n) is 9.39. The van der Waals surface area contributed by atoms with Crippen molar-refractivity contribution in [1.29, 1.82) is 0 Å². The molecule has 158 valence electrons. The van der Waals surface area contributed by atoms with E-state index in [0.29, 0.717) is 26.2 Å². The number of aromatic nitrogens is 1. The number of thiazole rings is 1. The average molecular weight is 456 g/mol. The zero-order valence-electron chi connectivity index (χ0n) is 16.6. The van der Waals surface area contributed by atoms with E-state index in [2.05, 4.69) is 4.99 Å². The number of carbonyl (C=O) groups excluding carboxylic acids is 1. The van der Waals surface area contributed by atoms with E-state index in [-0.39, 0.29) is 17.9 Å². The number of carbonyl (C=O) groups is 1. The molecular formula is C21H17N3O5S2. The number of para-hydroxylation sites is 1. The summed E-state index contributed by atoms with van der Waals surface area (Å²) >= 11 is 2.56. The van der Waals surface area contributed by atoms with Crippen LogP contribution in [0.1, 0.15) is 30.3 Å². The van der Waals surface area contributed by atoms with Gasteiger partial charge in [0.2, 0.25) is 0 Å².